The Kier molecular flexibility index (Phi) is 5.19. The highest BCUT2D eigenvalue weighted by Crippen LogP contribution is 2.52. The highest BCUT2D eigenvalue weighted by atomic mass is 19.3. The van der Waals surface area contributed by atoms with Crippen LogP contribution in [-0.4, -0.2) is 28.4 Å². The number of ether oxygens (including phenoxy) is 2. The van der Waals surface area contributed by atoms with Crippen molar-refractivity contribution in [1.82, 2.24) is 4.57 Å². The molecule has 1 aliphatic carbocycles. The van der Waals surface area contributed by atoms with Gasteiger partial charge in [0.25, 0.3) is 0 Å². The maximum atomic E-state index is 13.5. The fourth-order valence-corrected chi connectivity index (χ4v) is 5.06. The van der Waals surface area contributed by atoms with Gasteiger partial charge in [0.15, 0.2) is 11.5 Å². The quantitative estimate of drug-likeness (QED) is 0.539. The fourth-order valence-electron chi connectivity index (χ4n) is 5.06. The van der Waals surface area contributed by atoms with Crippen LogP contribution < -0.4 is 9.47 Å². The summed E-state index contributed by atoms with van der Waals surface area (Å²) in [5.41, 5.74) is 2.55. The van der Waals surface area contributed by atoms with Gasteiger partial charge < -0.3 is 19.1 Å². The average molecular weight is 481 g/mol. The van der Waals surface area contributed by atoms with Crippen LogP contribution in [0.2, 0.25) is 0 Å². The molecule has 2 aromatic carbocycles. The van der Waals surface area contributed by atoms with Gasteiger partial charge in [0.1, 0.15) is 11.9 Å². The number of rotatable bonds is 6. The zero-order valence-corrected chi connectivity index (χ0v) is 19.8. The molecule has 0 amide bonds. The van der Waals surface area contributed by atoms with Crippen molar-refractivity contribution in [2.24, 2.45) is 0 Å². The number of aliphatic hydroxyl groups is 1. The summed E-state index contributed by atoms with van der Waals surface area (Å²) in [6.07, 6.45) is -2.45. The normalized spacial score (nSPS) is 17.4. The molecular formula is C27H26F2N2O4. The lowest BCUT2D eigenvalue weighted by molar-refractivity contribution is -0.286. The lowest BCUT2D eigenvalue weighted by atomic mass is 9.86. The summed E-state index contributed by atoms with van der Waals surface area (Å²) >= 11 is 0. The number of hydrogen-bond acceptors (Lipinski definition) is 5. The Morgan fingerprint density at radius 2 is 1.86 bits per heavy atom. The van der Waals surface area contributed by atoms with Crippen molar-refractivity contribution in [3.05, 3.63) is 58.8 Å². The summed E-state index contributed by atoms with van der Waals surface area (Å²) in [6, 6.07) is 12.5. The predicted octanol–water partition coefficient (Wildman–Crippen LogP) is 4.97. The van der Waals surface area contributed by atoms with Crippen molar-refractivity contribution in [3.8, 4) is 17.6 Å². The van der Waals surface area contributed by atoms with Gasteiger partial charge in [0.05, 0.1) is 17.6 Å². The maximum absolute atomic E-state index is 13.5. The Morgan fingerprint density at radius 1 is 1.14 bits per heavy atom. The number of nitriles is 1. The van der Waals surface area contributed by atoms with Gasteiger partial charge in [-0.05, 0) is 48.2 Å². The largest absolute Gasteiger partial charge is 0.586 e. The van der Waals surface area contributed by atoms with Crippen LogP contribution in [0, 0.1) is 11.3 Å². The summed E-state index contributed by atoms with van der Waals surface area (Å²) < 4.78 is 37.9. The minimum absolute atomic E-state index is 0.0288. The zero-order chi connectivity index (χ0) is 25.2. The lowest BCUT2D eigenvalue weighted by Gasteiger charge is -2.21. The first-order valence-corrected chi connectivity index (χ1v) is 11.6. The van der Waals surface area contributed by atoms with Gasteiger partial charge in [0, 0.05) is 35.0 Å². The smallest absolute Gasteiger partial charge is 0.395 e. The molecule has 1 aliphatic heterocycles. The van der Waals surface area contributed by atoms with Crippen molar-refractivity contribution in [2.75, 3.05) is 6.61 Å². The highest BCUT2D eigenvalue weighted by Gasteiger charge is 2.52. The molecular weight excluding hydrogens is 454 g/mol. The molecule has 182 valence electrons. The monoisotopic (exact) mass is 480 g/mol. The van der Waals surface area contributed by atoms with Crippen LogP contribution in [-0.2, 0) is 28.6 Å². The van der Waals surface area contributed by atoms with Crippen LogP contribution in [0.3, 0.4) is 0 Å². The summed E-state index contributed by atoms with van der Waals surface area (Å²) in [4.78, 5) is 13.5. The van der Waals surface area contributed by atoms with Crippen molar-refractivity contribution >= 4 is 16.7 Å². The second kappa shape index (κ2) is 7.79. The minimum atomic E-state index is -3.71. The third-order valence-electron chi connectivity index (χ3n) is 6.96. The Balaban J connectivity index is 1.49. The first-order chi connectivity index (χ1) is 16.5. The van der Waals surface area contributed by atoms with Crippen molar-refractivity contribution in [2.45, 2.75) is 63.7 Å². The van der Waals surface area contributed by atoms with Gasteiger partial charge in [-0.3, -0.25) is 4.79 Å². The number of carbonyl (C=O) groups excluding carboxylic acids is 1. The first kappa shape index (κ1) is 23.3. The van der Waals surface area contributed by atoms with E-state index in [9.17, 15) is 23.9 Å². The van der Waals surface area contributed by atoms with Gasteiger partial charge in [-0.15, -0.1) is 8.78 Å². The number of ketones is 1. The molecule has 6 nitrogen and oxygen atoms in total. The SMILES string of the molecule is CC(C)(C)c1cc2c(C#N)c(CC(=O)C3(c4ccc5c(c4)OC(F)(F)O5)CC3)ccc2n1CCO. The third-order valence-corrected chi connectivity index (χ3v) is 6.96. The second-order valence-electron chi connectivity index (χ2n) is 10.3. The summed E-state index contributed by atoms with van der Waals surface area (Å²) in [5, 5.41) is 20.4. The standard InChI is InChI=1S/C27H26F2N2O4/c1-25(2,3)23-14-18-19(15-30)16(4-6-20(18)31(23)10-11-32)12-24(33)26(8-9-26)17-5-7-21-22(13-17)35-27(28,29)34-21/h4-7,13-14,32H,8-12H2,1-3H3. The van der Waals surface area contributed by atoms with Crippen molar-refractivity contribution in [3.63, 3.8) is 0 Å². The third kappa shape index (κ3) is 3.84. The summed E-state index contributed by atoms with van der Waals surface area (Å²) in [5.74, 6) is -0.197. The van der Waals surface area contributed by atoms with Gasteiger partial charge >= 0.3 is 6.29 Å². The number of aromatic nitrogens is 1. The van der Waals surface area contributed by atoms with Gasteiger partial charge in [-0.1, -0.05) is 32.9 Å². The molecule has 0 unspecified atom stereocenters. The zero-order valence-electron chi connectivity index (χ0n) is 19.8. The van der Waals surface area contributed by atoms with E-state index in [1.807, 2.05) is 16.7 Å². The number of aliphatic hydroxyl groups excluding tert-OH is 1. The van der Waals surface area contributed by atoms with E-state index in [0.29, 0.717) is 36.1 Å². The van der Waals surface area contributed by atoms with E-state index in [1.54, 1.807) is 12.1 Å². The van der Waals surface area contributed by atoms with Crippen molar-refractivity contribution in [1.29, 1.82) is 5.26 Å². The van der Waals surface area contributed by atoms with Gasteiger partial charge in [-0.25, -0.2) is 0 Å². The number of nitrogens with zero attached hydrogens (tertiary/aromatic N) is 2. The lowest BCUT2D eigenvalue weighted by Crippen LogP contribution is -2.26. The Hall–Kier alpha value is -3.44. The number of hydrogen-bond donors (Lipinski definition) is 1. The van der Waals surface area contributed by atoms with E-state index >= 15 is 0 Å². The van der Waals surface area contributed by atoms with Crippen LogP contribution >= 0.6 is 0 Å². The summed E-state index contributed by atoms with van der Waals surface area (Å²) in [7, 11) is 0. The Morgan fingerprint density at radius 3 is 2.49 bits per heavy atom. The van der Waals surface area contributed by atoms with Crippen LogP contribution in [0.4, 0.5) is 8.78 Å². The van der Waals surface area contributed by atoms with E-state index in [0.717, 1.165) is 16.6 Å². The number of alkyl halides is 2. The minimum Gasteiger partial charge on any atom is -0.395 e. The molecule has 1 N–H and O–H groups in total. The molecule has 2 heterocycles. The number of halogens is 2. The molecule has 1 aromatic heterocycles. The van der Waals surface area contributed by atoms with E-state index < -0.39 is 11.7 Å². The van der Waals surface area contributed by atoms with Crippen molar-refractivity contribution < 1.29 is 28.2 Å². The molecule has 8 heteroatoms. The fraction of sp³-hybridized carbons (Fsp3) is 0.407. The molecule has 0 atom stereocenters. The van der Waals surface area contributed by atoms with Gasteiger partial charge in [-0.2, -0.15) is 5.26 Å². The molecule has 35 heavy (non-hydrogen) atoms. The molecule has 0 bridgehead atoms. The number of Topliss-reactive ketones (excluding diaryl/α,β-unsaturated/α-hetero) is 1. The molecule has 1 saturated carbocycles. The number of benzene rings is 2. The molecule has 3 aromatic rings. The maximum Gasteiger partial charge on any atom is 0.586 e. The topological polar surface area (TPSA) is 84.5 Å². The highest BCUT2D eigenvalue weighted by molar-refractivity contribution is 5.97. The van der Waals surface area contributed by atoms with E-state index in [1.165, 1.54) is 12.1 Å². The molecule has 2 aliphatic rings. The average Bonchev–Trinajstić information content (AvgIpc) is 3.42. The van der Waals surface area contributed by atoms with Crippen LogP contribution in [0.1, 0.15) is 56.0 Å². The predicted molar refractivity (Wildman–Crippen MR) is 125 cm³/mol. The molecule has 0 spiro atoms. The molecule has 0 radical (unpaired) electrons. The second-order valence-corrected chi connectivity index (χ2v) is 10.3. The van der Waals surface area contributed by atoms with E-state index in [4.69, 9.17) is 0 Å². The first-order valence-electron chi connectivity index (χ1n) is 11.6. The molecule has 5 rings (SSSR count). The van der Waals surface area contributed by atoms with Gasteiger partial charge in [0.2, 0.25) is 0 Å². The van der Waals surface area contributed by atoms with E-state index in [-0.39, 0.29) is 35.7 Å². The molecule has 1 fully saturated rings. The molecule has 0 saturated heterocycles. The van der Waals surface area contributed by atoms with Crippen LogP contribution in [0.15, 0.2) is 36.4 Å². The number of fused-ring (bicyclic) bond motifs is 2. The Bertz CT molecular complexity index is 1390. The van der Waals surface area contributed by atoms with Crippen LogP contribution in [0.25, 0.3) is 10.9 Å². The number of carbonyl (C=O) groups is 1. The van der Waals surface area contributed by atoms with E-state index in [2.05, 4.69) is 36.3 Å². The van der Waals surface area contributed by atoms with Crippen LogP contribution in [0.5, 0.6) is 11.5 Å². The Labute approximate surface area is 201 Å². The summed E-state index contributed by atoms with van der Waals surface area (Å²) in [6.45, 7) is 6.60.